The number of nitrogens with zero attached hydrogens (tertiary/aromatic N) is 1. The van der Waals surface area contributed by atoms with E-state index in [1.807, 2.05) is 11.8 Å². The van der Waals surface area contributed by atoms with Crippen LogP contribution in [0.25, 0.3) is 10.9 Å². The molecule has 134 valence electrons. The summed E-state index contributed by atoms with van der Waals surface area (Å²) in [5, 5.41) is 0.807. The molecule has 1 unspecified atom stereocenters. The predicted octanol–water partition coefficient (Wildman–Crippen LogP) is 4.83. The molecule has 4 rings (SSSR count). The largest absolute Gasteiger partial charge is 0.358 e. The van der Waals surface area contributed by atoms with Gasteiger partial charge in [-0.3, -0.25) is 4.79 Å². The van der Waals surface area contributed by atoms with E-state index >= 15 is 0 Å². The van der Waals surface area contributed by atoms with Gasteiger partial charge in [-0.05, 0) is 56.0 Å². The molecule has 1 atom stereocenters. The van der Waals surface area contributed by atoms with E-state index in [4.69, 9.17) is 0 Å². The number of rotatable bonds is 3. The van der Waals surface area contributed by atoms with Crippen molar-refractivity contribution in [2.45, 2.75) is 39.2 Å². The number of aryl methyl sites for hydroxylation is 2. The number of hydrogen-bond donors (Lipinski definition) is 1. The zero-order valence-corrected chi connectivity index (χ0v) is 15.2. The smallest absolute Gasteiger partial charge is 0.227 e. The molecular formula is C22H23FN2O. The van der Waals surface area contributed by atoms with E-state index < -0.39 is 0 Å². The number of likely N-dealkylation sites (tertiary alicyclic amines) is 1. The highest BCUT2D eigenvalue weighted by atomic mass is 19.1. The van der Waals surface area contributed by atoms with E-state index in [1.165, 1.54) is 23.3 Å². The molecule has 0 aliphatic carbocycles. The Balaban J connectivity index is 1.61. The zero-order valence-electron chi connectivity index (χ0n) is 15.2. The molecule has 0 bridgehead atoms. The first-order valence-corrected chi connectivity index (χ1v) is 9.15. The molecule has 26 heavy (non-hydrogen) atoms. The molecule has 1 amide bonds. The van der Waals surface area contributed by atoms with Crippen LogP contribution in [-0.4, -0.2) is 22.3 Å². The van der Waals surface area contributed by atoms with Crippen LogP contribution in [0.4, 0.5) is 4.39 Å². The molecule has 1 aliphatic rings. The predicted molar refractivity (Wildman–Crippen MR) is 102 cm³/mol. The van der Waals surface area contributed by atoms with Gasteiger partial charge in [0, 0.05) is 23.1 Å². The van der Waals surface area contributed by atoms with Crippen LogP contribution >= 0.6 is 0 Å². The molecule has 3 nitrogen and oxygen atoms in total. The molecule has 0 spiro atoms. The number of fused-ring (bicyclic) bond motifs is 1. The maximum absolute atomic E-state index is 13.7. The van der Waals surface area contributed by atoms with Crippen molar-refractivity contribution < 1.29 is 9.18 Å². The standard InChI is InChI=1S/C22H23FN2O/c1-14-5-7-16(8-6-14)21-4-3-11-25(21)22(26)13-18-15(2)24-20-10-9-17(23)12-19(18)20/h5-10,12,21,24H,3-4,11,13H2,1-2H3. The van der Waals surface area contributed by atoms with Crippen LogP contribution in [0.5, 0.6) is 0 Å². The molecule has 1 aromatic heterocycles. The first kappa shape index (κ1) is 16.8. The maximum atomic E-state index is 13.7. The van der Waals surface area contributed by atoms with Crippen molar-refractivity contribution in [3.8, 4) is 0 Å². The van der Waals surface area contributed by atoms with E-state index in [1.54, 1.807) is 6.07 Å². The second kappa shape index (κ2) is 6.60. The highest BCUT2D eigenvalue weighted by Gasteiger charge is 2.30. The summed E-state index contributed by atoms with van der Waals surface area (Å²) in [6, 6.07) is 13.3. The molecule has 2 heterocycles. The lowest BCUT2D eigenvalue weighted by atomic mass is 10.0. The minimum atomic E-state index is -0.274. The molecule has 0 radical (unpaired) electrons. The van der Waals surface area contributed by atoms with E-state index in [0.29, 0.717) is 6.42 Å². The van der Waals surface area contributed by atoms with Gasteiger partial charge < -0.3 is 9.88 Å². The number of aromatic amines is 1. The molecule has 1 N–H and O–H groups in total. The van der Waals surface area contributed by atoms with Gasteiger partial charge >= 0.3 is 0 Å². The summed E-state index contributed by atoms with van der Waals surface area (Å²) in [4.78, 5) is 18.3. The van der Waals surface area contributed by atoms with Gasteiger partial charge in [-0.25, -0.2) is 4.39 Å². The third kappa shape index (κ3) is 3.00. The highest BCUT2D eigenvalue weighted by molar-refractivity contribution is 5.90. The Morgan fingerprint density at radius 1 is 1.19 bits per heavy atom. The highest BCUT2D eigenvalue weighted by Crippen LogP contribution is 2.33. The summed E-state index contributed by atoms with van der Waals surface area (Å²) >= 11 is 0. The van der Waals surface area contributed by atoms with Crippen LogP contribution in [0.1, 0.15) is 41.3 Å². The first-order valence-electron chi connectivity index (χ1n) is 9.15. The number of carbonyl (C=O) groups is 1. The summed E-state index contributed by atoms with van der Waals surface area (Å²) < 4.78 is 13.7. The number of benzene rings is 2. The van der Waals surface area contributed by atoms with Crippen molar-refractivity contribution in [3.05, 3.63) is 70.7 Å². The van der Waals surface area contributed by atoms with E-state index in [-0.39, 0.29) is 17.8 Å². The van der Waals surface area contributed by atoms with Gasteiger partial charge in [-0.2, -0.15) is 0 Å². The summed E-state index contributed by atoms with van der Waals surface area (Å²) in [6.07, 6.45) is 2.32. The number of aromatic nitrogens is 1. The minimum absolute atomic E-state index is 0.112. The third-order valence-corrected chi connectivity index (χ3v) is 5.44. The molecule has 3 aromatic rings. The third-order valence-electron chi connectivity index (χ3n) is 5.44. The van der Waals surface area contributed by atoms with Gasteiger partial charge in [-0.15, -0.1) is 0 Å². The van der Waals surface area contributed by atoms with Gasteiger partial charge in [0.05, 0.1) is 12.5 Å². The summed E-state index contributed by atoms with van der Waals surface area (Å²) in [5.74, 6) is -0.162. The second-order valence-electron chi connectivity index (χ2n) is 7.25. The summed E-state index contributed by atoms with van der Waals surface area (Å²) in [5.41, 5.74) is 5.14. The van der Waals surface area contributed by atoms with Gasteiger partial charge in [-0.1, -0.05) is 29.8 Å². The summed E-state index contributed by atoms with van der Waals surface area (Å²) in [7, 11) is 0. The zero-order chi connectivity index (χ0) is 18.3. The number of hydrogen-bond acceptors (Lipinski definition) is 1. The van der Waals surface area contributed by atoms with Crippen molar-refractivity contribution in [3.63, 3.8) is 0 Å². The van der Waals surface area contributed by atoms with E-state index in [9.17, 15) is 9.18 Å². The van der Waals surface area contributed by atoms with Crippen molar-refractivity contribution in [2.24, 2.45) is 0 Å². The van der Waals surface area contributed by atoms with Crippen molar-refractivity contribution in [2.75, 3.05) is 6.54 Å². The average molecular weight is 350 g/mol. The van der Waals surface area contributed by atoms with Crippen LogP contribution in [0.3, 0.4) is 0 Å². The fourth-order valence-electron chi connectivity index (χ4n) is 4.04. The van der Waals surface area contributed by atoms with Crippen LogP contribution < -0.4 is 0 Å². The van der Waals surface area contributed by atoms with Gasteiger partial charge in [0.15, 0.2) is 0 Å². The Morgan fingerprint density at radius 3 is 2.73 bits per heavy atom. The maximum Gasteiger partial charge on any atom is 0.227 e. The lowest BCUT2D eigenvalue weighted by molar-refractivity contribution is -0.131. The summed E-state index contributed by atoms with van der Waals surface area (Å²) in [6.45, 7) is 4.80. The fraction of sp³-hybridized carbons (Fsp3) is 0.318. The van der Waals surface area contributed by atoms with Crippen molar-refractivity contribution in [1.82, 2.24) is 9.88 Å². The quantitative estimate of drug-likeness (QED) is 0.721. The van der Waals surface area contributed by atoms with E-state index in [0.717, 1.165) is 41.5 Å². The topological polar surface area (TPSA) is 36.1 Å². The van der Waals surface area contributed by atoms with Crippen molar-refractivity contribution in [1.29, 1.82) is 0 Å². The molecule has 2 aromatic carbocycles. The Bertz CT molecular complexity index is 958. The molecular weight excluding hydrogens is 327 g/mol. The monoisotopic (exact) mass is 350 g/mol. The number of amides is 1. The van der Waals surface area contributed by atoms with E-state index in [2.05, 4.69) is 36.2 Å². The van der Waals surface area contributed by atoms with Gasteiger partial charge in [0.1, 0.15) is 5.82 Å². The van der Waals surface area contributed by atoms with Crippen molar-refractivity contribution >= 4 is 16.8 Å². The molecule has 1 aliphatic heterocycles. The Hall–Kier alpha value is -2.62. The Morgan fingerprint density at radius 2 is 1.96 bits per heavy atom. The number of halogens is 1. The fourth-order valence-corrected chi connectivity index (χ4v) is 4.04. The second-order valence-corrected chi connectivity index (χ2v) is 7.25. The first-order chi connectivity index (χ1) is 12.5. The SMILES string of the molecule is Cc1ccc(C2CCCN2C(=O)Cc2c(C)[nH]c3ccc(F)cc23)cc1. The minimum Gasteiger partial charge on any atom is -0.358 e. The average Bonchev–Trinajstić information content (AvgIpc) is 3.21. The van der Waals surface area contributed by atoms with Crippen LogP contribution in [0.2, 0.25) is 0 Å². The number of H-pyrrole nitrogens is 1. The van der Waals surface area contributed by atoms with Crippen LogP contribution in [0.15, 0.2) is 42.5 Å². The Labute approximate surface area is 152 Å². The number of nitrogens with one attached hydrogen (secondary N) is 1. The normalized spacial score (nSPS) is 17.2. The van der Waals surface area contributed by atoms with Crippen LogP contribution in [0, 0.1) is 19.7 Å². The molecule has 4 heteroatoms. The van der Waals surface area contributed by atoms with Gasteiger partial charge in [0.2, 0.25) is 5.91 Å². The lowest BCUT2D eigenvalue weighted by Gasteiger charge is -2.25. The Kier molecular flexibility index (Phi) is 4.27. The van der Waals surface area contributed by atoms with Gasteiger partial charge in [0.25, 0.3) is 0 Å². The molecule has 1 fully saturated rings. The number of carbonyl (C=O) groups excluding carboxylic acids is 1. The molecule has 0 saturated carbocycles. The lowest BCUT2D eigenvalue weighted by Crippen LogP contribution is -2.32. The van der Waals surface area contributed by atoms with Crippen LogP contribution in [-0.2, 0) is 11.2 Å². The molecule has 1 saturated heterocycles.